The predicted octanol–water partition coefficient (Wildman–Crippen LogP) is 1.63. The number of benzene rings is 1. The fourth-order valence-corrected chi connectivity index (χ4v) is 4.91. The highest BCUT2D eigenvalue weighted by atomic mass is 32.2. The molecule has 1 amide bonds. The number of carbonyl (C=O) groups excluding carboxylic acids is 1. The Morgan fingerprint density at radius 1 is 1.32 bits per heavy atom. The van der Waals surface area contributed by atoms with E-state index < -0.39 is 45.5 Å². The Bertz CT molecular complexity index is 1030. The number of nitrogens with zero attached hydrogens (tertiary/aromatic N) is 1. The van der Waals surface area contributed by atoms with E-state index in [0.717, 1.165) is 0 Å². The number of hydrogen-bond acceptors (Lipinski definition) is 4. The van der Waals surface area contributed by atoms with Crippen molar-refractivity contribution in [3.63, 3.8) is 0 Å². The molecule has 2 aromatic rings. The van der Waals surface area contributed by atoms with Crippen LogP contribution in [0.5, 0.6) is 0 Å². The monoisotopic (exact) mass is 416 g/mol. The second-order valence-electron chi connectivity index (χ2n) is 6.76. The number of halogens is 3. The van der Waals surface area contributed by atoms with Crippen molar-refractivity contribution in [2.75, 3.05) is 5.32 Å². The Balaban J connectivity index is 1.99. The van der Waals surface area contributed by atoms with Crippen LogP contribution in [0.15, 0.2) is 23.2 Å². The number of rotatable bonds is 3. The summed E-state index contributed by atoms with van der Waals surface area (Å²) < 4.78 is 69.0. The van der Waals surface area contributed by atoms with Crippen molar-refractivity contribution in [2.45, 2.75) is 36.7 Å². The van der Waals surface area contributed by atoms with Gasteiger partial charge in [-0.05, 0) is 19.8 Å². The lowest BCUT2D eigenvalue weighted by Gasteiger charge is -2.19. The van der Waals surface area contributed by atoms with Gasteiger partial charge in [-0.15, -0.1) is 0 Å². The maximum atomic E-state index is 13.4. The largest absolute Gasteiger partial charge is 0.345 e. The first kappa shape index (κ1) is 20.4. The Hall–Kier alpha value is -2.37. The summed E-state index contributed by atoms with van der Waals surface area (Å²) in [6, 6.07) is 0.346. The fourth-order valence-electron chi connectivity index (χ4n) is 3.23. The highest BCUT2D eigenvalue weighted by Crippen LogP contribution is 2.28. The first-order chi connectivity index (χ1) is 13.0. The molecule has 2 atom stereocenters. The van der Waals surface area contributed by atoms with Crippen LogP contribution in [0.3, 0.4) is 0 Å². The van der Waals surface area contributed by atoms with E-state index in [-0.39, 0.29) is 28.3 Å². The van der Waals surface area contributed by atoms with Crippen LogP contribution < -0.4 is 15.8 Å². The quantitative estimate of drug-likeness (QED) is 0.662. The number of fused-ring (bicyclic) bond motifs is 1. The van der Waals surface area contributed by atoms with Crippen molar-refractivity contribution in [3.8, 4) is 0 Å². The summed E-state index contributed by atoms with van der Waals surface area (Å²) >= 11 is 0. The average molecular weight is 416 g/mol. The Labute approximate surface area is 159 Å². The van der Waals surface area contributed by atoms with Crippen LogP contribution in [0.2, 0.25) is 0 Å². The average Bonchev–Trinajstić information content (AvgIpc) is 2.87. The molecule has 7 nitrogen and oxygen atoms in total. The Morgan fingerprint density at radius 2 is 1.93 bits per heavy atom. The van der Waals surface area contributed by atoms with Gasteiger partial charge < -0.3 is 15.6 Å². The molecule has 1 aromatic heterocycles. The molecule has 1 aliphatic rings. The minimum absolute atomic E-state index is 0.0239. The van der Waals surface area contributed by atoms with Gasteiger partial charge in [0, 0.05) is 48.7 Å². The van der Waals surface area contributed by atoms with E-state index in [4.69, 9.17) is 5.73 Å². The maximum Gasteiger partial charge on any atom is 0.272 e. The zero-order valence-electron chi connectivity index (χ0n) is 15.1. The van der Waals surface area contributed by atoms with Gasteiger partial charge in [0.05, 0.1) is 0 Å². The summed E-state index contributed by atoms with van der Waals surface area (Å²) in [6.07, 6.45) is 1.92. The highest BCUT2D eigenvalue weighted by Gasteiger charge is 2.34. The van der Waals surface area contributed by atoms with Gasteiger partial charge in [-0.3, -0.25) is 4.79 Å². The van der Waals surface area contributed by atoms with Crippen LogP contribution in [0.25, 0.3) is 0 Å². The molecule has 2 heterocycles. The third-order valence-corrected chi connectivity index (χ3v) is 6.18. The summed E-state index contributed by atoms with van der Waals surface area (Å²) in [5.41, 5.74) is 5.83. The Kier molecular flexibility index (Phi) is 5.26. The van der Waals surface area contributed by atoms with Crippen LogP contribution in [0, 0.1) is 17.5 Å². The third kappa shape index (κ3) is 3.64. The molecule has 2 unspecified atom stereocenters. The molecule has 0 aliphatic carbocycles. The van der Waals surface area contributed by atoms with E-state index in [2.05, 4.69) is 10.0 Å². The fraction of sp³-hybridized carbons (Fsp3) is 0.353. The molecule has 28 heavy (non-hydrogen) atoms. The van der Waals surface area contributed by atoms with Gasteiger partial charge in [-0.1, -0.05) is 0 Å². The van der Waals surface area contributed by atoms with Gasteiger partial charge in [0.2, 0.25) is 10.0 Å². The Morgan fingerprint density at radius 3 is 2.50 bits per heavy atom. The normalized spacial score (nSPS) is 19.6. The minimum atomic E-state index is -3.90. The molecule has 0 spiro atoms. The number of nitrogens with two attached hydrogens (primary N) is 1. The number of hydrogen-bond donors (Lipinski definition) is 3. The van der Waals surface area contributed by atoms with E-state index in [1.54, 1.807) is 6.92 Å². The summed E-state index contributed by atoms with van der Waals surface area (Å²) in [5.74, 6) is -5.33. The minimum Gasteiger partial charge on any atom is -0.345 e. The van der Waals surface area contributed by atoms with Crippen molar-refractivity contribution in [2.24, 2.45) is 12.8 Å². The van der Waals surface area contributed by atoms with Crippen molar-refractivity contribution >= 4 is 21.6 Å². The molecule has 0 fully saturated rings. The molecule has 0 bridgehead atoms. The predicted molar refractivity (Wildman–Crippen MR) is 95.8 cm³/mol. The van der Waals surface area contributed by atoms with Crippen molar-refractivity contribution in [3.05, 3.63) is 47.0 Å². The van der Waals surface area contributed by atoms with Crippen LogP contribution >= 0.6 is 0 Å². The molecule has 152 valence electrons. The van der Waals surface area contributed by atoms with Crippen LogP contribution in [0.1, 0.15) is 29.4 Å². The molecule has 0 saturated carbocycles. The SMILES string of the molecule is CC(N)C1CCc2c(cn(C)c2C(=O)Nc2cc(F)c(F)c(F)c2)S(=O)(=O)N1. The zero-order chi connectivity index (χ0) is 20.8. The van der Waals surface area contributed by atoms with Crippen LogP contribution in [-0.4, -0.2) is 31.0 Å². The molecule has 0 radical (unpaired) electrons. The van der Waals surface area contributed by atoms with Gasteiger partial charge in [0.25, 0.3) is 5.91 Å². The number of sulfonamides is 1. The van der Waals surface area contributed by atoms with Crippen molar-refractivity contribution < 1.29 is 26.4 Å². The van der Waals surface area contributed by atoms with Crippen LogP contribution in [0.4, 0.5) is 18.9 Å². The van der Waals surface area contributed by atoms with Gasteiger partial charge in [-0.25, -0.2) is 26.3 Å². The van der Waals surface area contributed by atoms with Crippen molar-refractivity contribution in [1.82, 2.24) is 9.29 Å². The number of amides is 1. The van der Waals surface area contributed by atoms with E-state index in [1.807, 2.05) is 0 Å². The van der Waals surface area contributed by atoms with Gasteiger partial charge in [0.15, 0.2) is 17.5 Å². The van der Waals surface area contributed by atoms with Crippen molar-refractivity contribution in [1.29, 1.82) is 0 Å². The van der Waals surface area contributed by atoms with Gasteiger partial charge in [-0.2, -0.15) is 0 Å². The van der Waals surface area contributed by atoms with Crippen LogP contribution in [-0.2, 0) is 23.5 Å². The molecular formula is C17H19F3N4O3S. The molecule has 4 N–H and O–H groups in total. The lowest BCUT2D eigenvalue weighted by molar-refractivity contribution is 0.101. The second-order valence-corrected chi connectivity index (χ2v) is 8.45. The lowest BCUT2D eigenvalue weighted by Crippen LogP contribution is -2.45. The summed E-state index contributed by atoms with van der Waals surface area (Å²) in [5, 5.41) is 2.28. The molecule has 11 heteroatoms. The van der Waals surface area contributed by atoms with Gasteiger partial charge >= 0.3 is 0 Å². The highest BCUT2D eigenvalue weighted by molar-refractivity contribution is 7.89. The smallest absolute Gasteiger partial charge is 0.272 e. The first-order valence-corrected chi connectivity index (χ1v) is 9.91. The van der Waals surface area contributed by atoms with E-state index in [1.165, 1.54) is 17.8 Å². The lowest BCUT2D eigenvalue weighted by atomic mass is 10.0. The first-order valence-electron chi connectivity index (χ1n) is 8.43. The summed E-state index contributed by atoms with van der Waals surface area (Å²) in [4.78, 5) is 12.6. The standard InChI is InChI=1S/C17H19F3N4O3S/c1-8(21)13-4-3-10-14(28(26,27)23-13)7-24(2)16(10)17(25)22-9-5-11(18)15(20)12(19)6-9/h5-8,13,23H,3-4,21H2,1-2H3,(H,22,25). The molecule has 1 aromatic carbocycles. The number of aromatic nitrogens is 1. The van der Waals surface area contributed by atoms with E-state index >= 15 is 0 Å². The number of carbonyl (C=O) groups is 1. The van der Waals surface area contributed by atoms with Gasteiger partial charge in [0.1, 0.15) is 10.6 Å². The molecular weight excluding hydrogens is 397 g/mol. The second kappa shape index (κ2) is 7.22. The molecule has 3 rings (SSSR count). The number of aryl methyl sites for hydroxylation is 1. The molecule has 0 saturated heterocycles. The molecule has 1 aliphatic heterocycles. The topological polar surface area (TPSA) is 106 Å². The third-order valence-electron chi connectivity index (χ3n) is 4.64. The zero-order valence-corrected chi connectivity index (χ0v) is 15.9. The number of anilines is 1. The maximum absolute atomic E-state index is 13.4. The van der Waals surface area contributed by atoms with E-state index in [0.29, 0.717) is 18.6 Å². The summed E-state index contributed by atoms with van der Waals surface area (Å²) in [6.45, 7) is 1.68. The van der Waals surface area contributed by atoms with E-state index in [9.17, 15) is 26.4 Å². The summed E-state index contributed by atoms with van der Waals surface area (Å²) in [7, 11) is -2.42. The number of nitrogens with one attached hydrogen (secondary N) is 2.